The summed E-state index contributed by atoms with van der Waals surface area (Å²) in [5.41, 5.74) is 7.95. The SMILES string of the molecule is CC[C@@]1(CCN=[N+]=[N-])O[C@@H](n2ccc(=O)n(Cc3ccc(OC)cc3)c2=O)C(OC)[C@H]1C. The Kier molecular flexibility index (Phi) is 7.40. The molecule has 0 bridgehead atoms. The van der Waals surface area contributed by atoms with E-state index in [0.29, 0.717) is 18.6 Å². The van der Waals surface area contributed by atoms with E-state index in [-0.39, 0.29) is 19.0 Å². The minimum atomic E-state index is -0.712. The summed E-state index contributed by atoms with van der Waals surface area (Å²) in [6.45, 7) is 4.41. The van der Waals surface area contributed by atoms with Crippen LogP contribution in [0, 0.1) is 5.92 Å². The molecule has 0 saturated carbocycles. The fourth-order valence-corrected chi connectivity index (χ4v) is 4.43. The zero-order valence-electron chi connectivity index (χ0n) is 18.8. The van der Waals surface area contributed by atoms with E-state index < -0.39 is 29.2 Å². The predicted octanol–water partition coefficient (Wildman–Crippen LogP) is 3.10. The summed E-state index contributed by atoms with van der Waals surface area (Å²) < 4.78 is 19.9. The maximum absolute atomic E-state index is 13.3. The number of hydrogen-bond acceptors (Lipinski definition) is 6. The number of methoxy groups -OCH3 is 2. The molecule has 0 N–H and O–H groups in total. The summed E-state index contributed by atoms with van der Waals surface area (Å²) in [6, 6.07) is 8.54. The summed E-state index contributed by atoms with van der Waals surface area (Å²) >= 11 is 0. The molecule has 0 radical (unpaired) electrons. The molecule has 1 aliphatic heterocycles. The number of nitrogens with zero attached hydrogens (tertiary/aromatic N) is 5. The summed E-state index contributed by atoms with van der Waals surface area (Å²) in [4.78, 5) is 28.7. The Morgan fingerprint density at radius 2 is 1.94 bits per heavy atom. The highest BCUT2D eigenvalue weighted by Gasteiger charge is 2.52. The molecule has 1 saturated heterocycles. The Hall–Kier alpha value is -3.07. The first kappa shape index (κ1) is 23.6. The van der Waals surface area contributed by atoms with E-state index in [1.165, 1.54) is 21.4 Å². The van der Waals surface area contributed by atoms with E-state index in [2.05, 4.69) is 10.0 Å². The molecule has 172 valence electrons. The van der Waals surface area contributed by atoms with Gasteiger partial charge in [0.05, 0.1) is 19.3 Å². The maximum Gasteiger partial charge on any atom is 0.333 e. The van der Waals surface area contributed by atoms with Crippen molar-refractivity contribution in [3.8, 4) is 5.75 Å². The van der Waals surface area contributed by atoms with Crippen LogP contribution in [-0.4, -0.2) is 41.6 Å². The molecular weight excluding hydrogens is 414 g/mol. The third-order valence-electron chi connectivity index (χ3n) is 6.40. The van der Waals surface area contributed by atoms with Gasteiger partial charge in [-0.25, -0.2) is 4.79 Å². The van der Waals surface area contributed by atoms with Crippen LogP contribution in [0.4, 0.5) is 0 Å². The molecule has 1 fully saturated rings. The highest BCUT2D eigenvalue weighted by molar-refractivity contribution is 5.27. The summed E-state index contributed by atoms with van der Waals surface area (Å²) in [7, 11) is 3.16. The van der Waals surface area contributed by atoms with Gasteiger partial charge in [-0.1, -0.05) is 31.1 Å². The highest BCUT2D eigenvalue weighted by atomic mass is 16.6. The summed E-state index contributed by atoms with van der Waals surface area (Å²) in [5, 5.41) is 3.65. The van der Waals surface area contributed by atoms with Crippen molar-refractivity contribution in [3.63, 3.8) is 0 Å². The number of hydrogen-bond donors (Lipinski definition) is 0. The molecule has 3 rings (SSSR count). The van der Waals surface area contributed by atoms with Gasteiger partial charge in [-0.15, -0.1) is 0 Å². The van der Waals surface area contributed by atoms with E-state index in [1.807, 2.05) is 26.0 Å². The Morgan fingerprint density at radius 3 is 2.53 bits per heavy atom. The minimum Gasteiger partial charge on any atom is -0.497 e. The first-order chi connectivity index (χ1) is 15.4. The number of aromatic nitrogens is 2. The maximum atomic E-state index is 13.3. The quantitative estimate of drug-likeness (QED) is 0.335. The van der Waals surface area contributed by atoms with Crippen LogP contribution >= 0.6 is 0 Å². The fraction of sp³-hybridized carbons (Fsp3) is 0.545. The summed E-state index contributed by atoms with van der Waals surface area (Å²) in [5.74, 6) is 0.629. The Morgan fingerprint density at radius 1 is 1.22 bits per heavy atom. The lowest BCUT2D eigenvalue weighted by molar-refractivity contribution is -0.102. The molecule has 2 aromatic rings. The zero-order chi connectivity index (χ0) is 23.3. The van der Waals surface area contributed by atoms with Crippen LogP contribution in [0.5, 0.6) is 5.75 Å². The van der Waals surface area contributed by atoms with Gasteiger partial charge in [-0.3, -0.25) is 13.9 Å². The minimum absolute atomic E-state index is 0.0646. The van der Waals surface area contributed by atoms with Crippen molar-refractivity contribution in [3.05, 3.63) is 73.4 Å². The number of rotatable bonds is 9. The van der Waals surface area contributed by atoms with Gasteiger partial charge in [-0.2, -0.15) is 0 Å². The molecule has 1 unspecified atom stereocenters. The van der Waals surface area contributed by atoms with Crippen LogP contribution in [0.15, 0.2) is 51.2 Å². The standard InChI is InChI=1S/C22H29N5O5/c1-5-22(11-12-24-25-23)15(2)19(31-4)20(32-22)26-13-10-18(28)27(21(26)29)14-16-6-8-17(30-3)9-7-16/h6-10,13,15,19-20H,5,11-12,14H2,1-4H3/t15-,19?,20-,22+/m1/s1. The molecule has 0 amide bonds. The molecule has 4 atom stereocenters. The average Bonchev–Trinajstić information content (AvgIpc) is 3.09. The van der Waals surface area contributed by atoms with Crippen molar-refractivity contribution in [1.82, 2.24) is 9.13 Å². The van der Waals surface area contributed by atoms with Crippen molar-refractivity contribution in [2.45, 2.75) is 51.2 Å². The van der Waals surface area contributed by atoms with Gasteiger partial charge in [0.25, 0.3) is 5.56 Å². The largest absolute Gasteiger partial charge is 0.497 e. The van der Waals surface area contributed by atoms with Gasteiger partial charge in [0, 0.05) is 36.7 Å². The molecule has 1 aliphatic rings. The second kappa shape index (κ2) is 10.0. The summed E-state index contributed by atoms with van der Waals surface area (Å²) in [6.07, 6.45) is 1.50. The molecular formula is C22H29N5O5. The van der Waals surface area contributed by atoms with Crippen molar-refractivity contribution in [2.24, 2.45) is 11.0 Å². The van der Waals surface area contributed by atoms with Crippen LogP contribution in [0.1, 0.15) is 38.5 Å². The van der Waals surface area contributed by atoms with Gasteiger partial charge < -0.3 is 14.2 Å². The lowest BCUT2D eigenvalue weighted by Crippen LogP contribution is -2.43. The Bertz CT molecular complexity index is 1090. The van der Waals surface area contributed by atoms with Gasteiger partial charge in [0.15, 0.2) is 6.23 Å². The third-order valence-corrected chi connectivity index (χ3v) is 6.40. The van der Waals surface area contributed by atoms with Crippen LogP contribution in [0.25, 0.3) is 10.4 Å². The Labute approximate surface area is 186 Å². The van der Waals surface area contributed by atoms with Crippen molar-refractivity contribution >= 4 is 0 Å². The molecule has 0 spiro atoms. The topological polar surface area (TPSA) is 120 Å². The van der Waals surface area contributed by atoms with Crippen molar-refractivity contribution in [2.75, 3.05) is 20.8 Å². The second-order valence-electron chi connectivity index (χ2n) is 7.90. The van der Waals surface area contributed by atoms with E-state index >= 15 is 0 Å². The van der Waals surface area contributed by atoms with Gasteiger partial charge in [0.2, 0.25) is 0 Å². The first-order valence-electron chi connectivity index (χ1n) is 10.6. The first-order valence-corrected chi connectivity index (χ1v) is 10.6. The van der Waals surface area contributed by atoms with Crippen molar-refractivity contribution < 1.29 is 14.2 Å². The normalized spacial score (nSPS) is 24.8. The molecule has 10 nitrogen and oxygen atoms in total. The molecule has 1 aromatic heterocycles. The lowest BCUT2D eigenvalue weighted by Gasteiger charge is -2.31. The molecule has 32 heavy (non-hydrogen) atoms. The van der Waals surface area contributed by atoms with Crippen LogP contribution in [0.3, 0.4) is 0 Å². The zero-order valence-corrected chi connectivity index (χ0v) is 18.8. The monoisotopic (exact) mass is 443 g/mol. The number of azide groups is 1. The number of ether oxygens (including phenoxy) is 3. The van der Waals surface area contributed by atoms with E-state index in [4.69, 9.17) is 19.7 Å². The van der Waals surface area contributed by atoms with Gasteiger partial charge >= 0.3 is 5.69 Å². The number of benzene rings is 1. The van der Waals surface area contributed by atoms with Crippen molar-refractivity contribution in [1.29, 1.82) is 0 Å². The molecule has 0 aliphatic carbocycles. The predicted molar refractivity (Wildman–Crippen MR) is 119 cm³/mol. The van der Waals surface area contributed by atoms with Gasteiger partial charge in [0.1, 0.15) is 11.9 Å². The van der Waals surface area contributed by atoms with Crippen LogP contribution < -0.4 is 16.0 Å². The third kappa shape index (κ3) is 4.43. The lowest BCUT2D eigenvalue weighted by atomic mass is 9.82. The van der Waals surface area contributed by atoms with E-state index in [9.17, 15) is 9.59 Å². The molecule has 2 heterocycles. The molecule has 1 aromatic carbocycles. The Balaban J connectivity index is 1.97. The molecule has 10 heteroatoms. The van der Waals surface area contributed by atoms with E-state index in [1.54, 1.807) is 26.4 Å². The average molecular weight is 444 g/mol. The van der Waals surface area contributed by atoms with Crippen LogP contribution in [0.2, 0.25) is 0 Å². The fourth-order valence-electron chi connectivity index (χ4n) is 4.43. The van der Waals surface area contributed by atoms with Crippen LogP contribution in [-0.2, 0) is 16.0 Å². The second-order valence-corrected chi connectivity index (χ2v) is 7.90. The van der Waals surface area contributed by atoms with Gasteiger partial charge in [-0.05, 0) is 36.1 Å². The smallest absolute Gasteiger partial charge is 0.333 e. The highest BCUT2D eigenvalue weighted by Crippen LogP contribution is 2.46. The van der Waals surface area contributed by atoms with E-state index in [0.717, 1.165) is 5.56 Å².